The van der Waals surface area contributed by atoms with Gasteiger partial charge in [-0.1, -0.05) is 0 Å². The average molecular weight is 342 g/mol. The van der Waals surface area contributed by atoms with Gasteiger partial charge in [0.05, 0.1) is 0 Å². The monoisotopic (exact) mass is 342 g/mol. The number of carbonyl (C=O) groups is 2. The zero-order valence-electron chi connectivity index (χ0n) is 14.1. The molecule has 0 spiro atoms. The first-order valence-corrected chi connectivity index (χ1v) is 8.37. The highest BCUT2D eigenvalue weighted by Crippen LogP contribution is 2.17. The highest BCUT2D eigenvalue weighted by Gasteiger charge is 2.18. The van der Waals surface area contributed by atoms with Crippen LogP contribution in [-0.2, 0) is 9.59 Å². The number of carbonyl (C=O) groups excluding carboxylic acids is 2. The molecule has 2 amide bonds. The Labute approximate surface area is 146 Å². The van der Waals surface area contributed by atoms with E-state index >= 15 is 0 Å². The van der Waals surface area contributed by atoms with Gasteiger partial charge in [0.25, 0.3) is 0 Å². The molecule has 25 heavy (non-hydrogen) atoms. The van der Waals surface area contributed by atoms with Crippen molar-refractivity contribution in [2.24, 2.45) is 5.92 Å². The number of nitrogens with zero attached hydrogens (tertiary/aromatic N) is 3. The number of nitrogens with one attached hydrogen (secondary N) is 3. The molecule has 1 fully saturated rings. The normalized spacial score (nSPS) is 17.9. The number of benzene rings is 1. The fraction of sp³-hybridized carbons (Fsp3) is 0.412. The molecule has 8 nitrogen and oxygen atoms in total. The van der Waals surface area contributed by atoms with Gasteiger partial charge in [-0.05, 0) is 56.6 Å². The summed E-state index contributed by atoms with van der Waals surface area (Å²) in [6, 6.07) is 6.63. The van der Waals surface area contributed by atoms with Gasteiger partial charge in [-0.25, -0.2) is 9.67 Å². The lowest BCUT2D eigenvalue weighted by Gasteiger charge is -2.13. The van der Waals surface area contributed by atoms with Gasteiger partial charge in [0.1, 0.15) is 18.7 Å². The second kappa shape index (κ2) is 7.89. The van der Waals surface area contributed by atoms with E-state index in [-0.39, 0.29) is 11.8 Å². The zero-order valence-corrected chi connectivity index (χ0v) is 14.1. The minimum atomic E-state index is -0.457. The maximum Gasteiger partial charge on any atom is 0.249 e. The van der Waals surface area contributed by atoms with Crippen LogP contribution < -0.4 is 16.0 Å². The van der Waals surface area contributed by atoms with Gasteiger partial charge in [0, 0.05) is 17.8 Å². The molecule has 0 saturated carbocycles. The minimum absolute atomic E-state index is 0.0188. The molecule has 1 aliphatic heterocycles. The summed E-state index contributed by atoms with van der Waals surface area (Å²) in [5, 5.41) is 12.9. The lowest BCUT2D eigenvalue weighted by Crippen LogP contribution is -2.24. The third-order valence-electron chi connectivity index (χ3n) is 4.29. The van der Waals surface area contributed by atoms with Crippen LogP contribution in [0.15, 0.2) is 36.9 Å². The van der Waals surface area contributed by atoms with Crippen molar-refractivity contribution in [1.29, 1.82) is 0 Å². The summed E-state index contributed by atoms with van der Waals surface area (Å²) in [4.78, 5) is 28.1. The van der Waals surface area contributed by atoms with Crippen LogP contribution in [0.3, 0.4) is 0 Å². The summed E-state index contributed by atoms with van der Waals surface area (Å²) in [5.41, 5.74) is 1.38. The van der Waals surface area contributed by atoms with E-state index in [1.807, 2.05) is 0 Å². The fourth-order valence-corrected chi connectivity index (χ4v) is 2.78. The topological polar surface area (TPSA) is 101 Å². The maximum atomic E-state index is 12.2. The first-order valence-electron chi connectivity index (χ1n) is 8.37. The molecule has 2 heterocycles. The quantitative estimate of drug-likeness (QED) is 0.737. The number of aromatic nitrogens is 3. The molecule has 1 aromatic carbocycles. The van der Waals surface area contributed by atoms with Gasteiger partial charge in [-0.3, -0.25) is 9.59 Å². The number of hydrogen-bond acceptors (Lipinski definition) is 5. The molecular weight excluding hydrogens is 320 g/mol. The van der Waals surface area contributed by atoms with Crippen LogP contribution in [0.1, 0.15) is 25.8 Å². The molecule has 1 aromatic heterocycles. The van der Waals surface area contributed by atoms with Crippen molar-refractivity contribution in [3.05, 3.63) is 36.9 Å². The van der Waals surface area contributed by atoms with Crippen LogP contribution in [0.2, 0.25) is 0 Å². The Kier molecular flexibility index (Phi) is 5.39. The third-order valence-corrected chi connectivity index (χ3v) is 4.29. The lowest BCUT2D eigenvalue weighted by atomic mass is 10.0. The molecule has 1 aliphatic rings. The Hall–Kier alpha value is -2.74. The Morgan fingerprint density at radius 2 is 2.00 bits per heavy atom. The van der Waals surface area contributed by atoms with Crippen molar-refractivity contribution in [2.75, 3.05) is 23.7 Å². The van der Waals surface area contributed by atoms with E-state index in [1.54, 1.807) is 31.2 Å². The van der Waals surface area contributed by atoms with Crippen molar-refractivity contribution in [2.45, 2.75) is 25.8 Å². The molecule has 1 unspecified atom stereocenters. The number of rotatable bonds is 6. The van der Waals surface area contributed by atoms with E-state index < -0.39 is 6.04 Å². The summed E-state index contributed by atoms with van der Waals surface area (Å²) in [5.74, 6) is 0.248. The molecule has 3 N–H and O–H groups in total. The molecular formula is C17H22N6O2. The Morgan fingerprint density at radius 3 is 2.60 bits per heavy atom. The SMILES string of the molecule is CC(C(=O)Nc1ccc(NC(=O)C[C@H]2CCNC2)cc1)n1cncn1. The molecule has 3 rings (SSSR count). The third kappa shape index (κ3) is 4.63. The predicted octanol–water partition coefficient (Wildman–Crippen LogP) is 1.42. The van der Waals surface area contributed by atoms with E-state index in [0.717, 1.165) is 25.2 Å². The standard InChI is InChI=1S/C17H22N6O2/c1-12(23-11-19-10-20-23)17(25)22-15-4-2-14(3-5-15)21-16(24)8-13-6-7-18-9-13/h2-5,10-13,18H,6-9H2,1H3,(H,21,24)(H,22,25)/t12?,13-/m1/s1. The highest BCUT2D eigenvalue weighted by atomic mass is 16.2. The summed E-state index contributed by atoms with van der Waals surface area (Å²) in [6.45, 7) is 3.64. The number of amides is 2. The van der Waals surface area contributed by atoms with Crippen LogP contribution in [0, 0.1) is 5.92 Å². The van der Waals surface area contributed by atoms with Crippen molar-refractivity contribution in [3.8, 4) is 0 Å². The summed E-state index contributed by atoms with van der Waals surface area (Å²) < 4.78 is 1.49. The maximum absolute atomic E-state index is 12.2. The second-order valence-corrected chi connectivity index (χ2v) is 6.23. The Bertz CT molecular complexity index is 707. The molecule has 0 bridgehead atoms. The molecule has 0 radical (unpaired) electrons. The van der Waals surface area contributed by atoms with E-state index in [0.29, 0.717) is 18.0 Å². The Morgan fingerprint density at radius 1 is 1.28 bits per heavy atom. The van der Waals surface area contributed by atoms with Gasteiger partial charge < -0.3 is 16.0 Å². The molecule has 2 atom stereocenters. The van der Waals surface area contributed by atoms with Crippen molar-refractivity contribution >= 4 is 23.2 Å². The number of anilines is 2. The highest BCUT2D eigenvalue weighted by molar-refractivity contribution is 5.94. The molecule has 0 aliphatic carbocycles. The first-order chi connectivity index (χ1) is 12.1. The molecule has 8 heteroatoms. The van der Waals surface area contributed by atoms with E-state index in [1.165, 1.54) is 17.3 Å². The Balaban J connectivity index is 1.51. The lowest BCUT2D eigenvalue weighted by molar-refractivity contribution is -0.119. The summed E-state index contributed by atoms with van der Waals surface area (Å²) in [6.07, 6.45) is 4.47. The summed E-state index contributed by atoms with van der Waals surface area (Å²) >= 11 is 0. The first kappa shape index (κ1) is 17.1. The molecule has 2 aromatic rings. The average Bonchev–Trinajstić information content (AvgIpc) is 3.29. The smallest absolute Gasteiger partial charge is 0.249 e. The van der Waals surface area contributed by atoms with E-state index in [2.05, 4.69) is 26.0 Å². The second-order valence-electron chi connectivity index (χ2n) is 6.23. The minimum Gasteiger partial charge on any atom is -0.326 e. The van der Waals surface area contributed by atoms with E-state index in [4.69, 9.17) is 0 Å². The van der Waals surface area contributed by atoms with Crippen LogP contribution in [0.25, 0.3) is 0 Å². The number of hydrogen-bond donors (Lipinski definition) is 3. The largest absolute Gasteiger partial charge is 0.326 e. The molecule has 1 saturated heterocycles. The van der Waals surface area contributed by atoms with Gasteiger partial charge in [0.2, 0.25) is 11.8 Å². The van der Waals surface area contributed by atoms with Crippen LogP contribution >= 0.6 is 0 Å². The van der Waals surface area contributed by atoms with Gasteiger partial charge in [-0.2, -0.15) is 5.10 Å². The van der Waals surface area contributed by atoms with Crippen molar-refractivity contribution < 1.29 is 9.59 Å². The van der Waals surface area contributed by atoms with Crippen molar-refractivity contribution in [3.63, 3.8) is 0 Å². The van der Waals surface area contributed by atoms with Crippen LogP contribution in [-0.4, -0.2) is 39.7 Å². The zero-order chi connectivity index (χ0) is 17.6. The van der Waals surface area contributed by atoms with Gasteiger partial charge in [-0.15, -0.1) is 0 Å². The van der Waals surface area contributed by atoms with Gasteiger partial charge >= 0.3 is 0 Å². The molecule has 132 valence electrons. The summed E-state index contributed by atoms with van der Waals surface area (Å²) in [7, 11) is 0. The van der Waals surface area contributed by atoms with Crippen LogP contribution in [0.4, 0.5) is 11.4 Å². The van der Waals surface area contributed by atoms with Crippen LogP contribution in [0.5, 0.6) is 0 Å². The van der Waals surface area contributed by atoms with Gasteiger partial charge in [0.15, 0.2) is 0 Å². The van der Waals surface area contributed by atoms with E-state index in [9.17, 15) is 9.59 Å². The van der Waals surface area contributed by atoms with Crippen molar-refractivity contribution in [1.82, 2.24) is 20.1 Å². The fourth-order valence-electron chi connectivity index (χ4n) is 2.78. The predicted molar refractivity (Wildman–Crippen MR) is 94.0 cm³/mol.